The predicted octanol–water partition coefficient (Wildman–Crippen LogP) is 2.88. The number of allylic oxidation sites excluding steroid dienone is 1. The number of benzene rings is 1. The van der Waals surface area contributed by atoms with E-state index in [0.717, 1.165) is 6.54 Å². The third-order valence-electron chi connectivity index (χ3n) is 3.52. The number of halogens is 1. The summed E-state index contributed by atoms with van der Waals surface area (Å²) in [5.41, 5.74) is 6.47. The van der Waals surface area contributed by atoms with E-state index in [4.69, 9.17) is 4.74 Å². The van der Waals surface area contributed by atoms with Crippen LogP contribution in [0.15, 0.2) is 29.5 Å². The van der Waals surface area contributed by atoms with Crippen LogP contribution in [0.4, 0.5) is 4.39 Å². The molecule has 1 N–H and O–H groups in total. The molecule has 0 spiro atoms. The molecule has 1 aromatic rings. The minimum Gasteiger partial charge on any atom is -0.497 e. The van der Waals surface area contributed by atoms with E-state index in [-0.39, 0.29) is 5.82 Å². The van der Waals surface area contributed by atoms with Crippen LogP contribution in [0.2, 0.25) is 0 Å². The maximum atomic E-state index is 13.9. The molecule has 0 aromatic heterocycles. The van der Waals surface area contributed by atoms with Gasteiger partial charge in [0, 0.05) is 24.4 Å². The molecule has 0 aliphatic carbocycles. The number of nitrogens with zero attached hydrogens (tertiary/aromatic N) is 1. The van der Waals surface area contributed by atoms with Crippen molar-refractivity contribution in [1.82, 2.24) is 10.4 Å². The second kappa shape index (κ2) is 5.61. The van der Waals surface area contributed by atoms with Gasteiger partial charge < -0.3 is 9.75 Å². The number of hydrogen-bond donors (Lipinski definition) is 1. The monoisotopic (exact) mass is 264 g/mol. The maximum Gasteiger partial charge on any atom is 0.130 e. The lowest BCUT2D eigenvalue weighted by Crippen LogP contribution is -2.36. The fraction of sp³-hybridized carbons (Fsp3) is 0.467. The Labute approximate surface area is 114 Å². The molecule has 3 nitrogen and oxygen atoms in total. The highest BCUT2D eigenvalue weighted by Crippen LogP contribution is 2.24. The van der Waals surface area contributed by atoms with Gasteiger partial charge in [0.15, 0.2) is 0 Å². The van der Waals surface area contributed by atoms with E-state index in [1.54, 1.807) is 19.2 Å². The topological polar surface area (TPSA) is 24.5 Å². The Morgan fingerprint density at radius 3 is 2.68 bits per heavy atom. The van der Waals surface area contributed by atoms with Gasteiger partial charge in [-0.15, -0.1) is 0 Å². The Morgan fingerprint density at radius 1 is 1.42 bits per heavy atom. The molecule has 19 heavy (non-hydrogen) atoms. The van der Waals surface area contributed by atoms with E-state index in [2.05, 4.69) is 31.2 Å². The van der Waals surface area contributed by atoms with Gasteiger partial charge in [-0.1, -0.05) is 6.07 Å². The first-order valence-electron chi connectivity index (χ1n) is 6.56. The van der Waals surface area contributed by atoms with Crippen LogP contribution in [0.25, 0.3) is 0 Å². The number of hydrazine groups is 1. The van der Waals surface area contributed by atoms with Crippen LogP contribution >= 0.6 is 0 Å². The summed E-state index contributed by atoms with van der Waals surface area (Å²) in [6, 6.07) is 5.44. The summed E-state index contributed by atoms with van der Waals surface area (Å²) < 4.78 is 19.0. The molecule has 0 saturated heterocycles. The smallest absolute Gasteiger partial charge is 0.130 e. The molecule has 0 amide bonds. The SMILES string of the molecule is COc1ccc(CC2=C(C)N(C(C)C)NC2)c(F)c1. The molecule has 4 heteroatoms. The third kappa shape index (κ3) is 2.89. The van der Waals surface area contributed by atoms with Gasteiger partial charge >= 0.3 is 0 Å². The van der Waals surface area contributed by atoms with E-state index in [9.17, 15) is 4.39 Å². The second-order valence-electron chi connectivity index (χ2n) is 5.12. The Bertz CT molecular complexity index is 497. The van der Waals surface area contributed by atoms with Crippen LogP contribution in [-0.4, -0.2) is 24.7 Å². The highest BCUT2D eigenvalue weighted by atomic mass is 19.1. The van der Waals surface area contributed by atoms with E-state index in [1.807, 2.05) is 0 Å². The van der Waals surface area contributed by atoms with E-state index >= 15 is 0 Å². The Hall–Kier alpha value is -1.55. The van der Waals surface area contributed by atoms with Gasteiger partial charge in [0.2, 0.25) is 0 Å². The Balaban J connectivity index is 2.18. The van der Waals surface area contributed by atoms with Crippen molar-refractivity contribution in [2.24, 2.45) is 0 Å². The van der Waals surface area contributed by atoms with Gasteiger partial charge in [0.05, 0.1) is 7.11 Å². The molecule has 0 radical (unpaired) electrons. The van der Waals surface area contributed by atoms with Crippen LogP contribution < -0.4 is 10.2 Å². The molecule has 1 aromatic carbocycles. The molecule has 2 rings (SSSR count). The number of rotatable bonds is 4. The van der Waals surface area contributed by atoms with Crippen molar-refractivity contribution in [2.75, 3.05) is 13.7 Å². The average molecular weight is 264 g/mol. The van der Waals surface area contributed by atoms with Gasteiger partial charge in [-0.2, -0.15) is 0 Å². The summed E-state index contributed by atoms with van der Waals surface area (Å²) >= 11 is 0. The Morgan fingerprint density at radius 2 is 2.16 bits per heavy atom. The first-order chi connectivity index (χ1) is 9.02. The molecule has 0 saturated carbocycles. The van der Waals surface area contributed by atoms with Crippen LogP contribution in [0.5, 0.6) is 5.75 Å². The first kappa shape index (κ1) is 13.9. The number of methoxy groups -OCH3 is 1. The van der Waals surface area contributed by atoms with Crippen molar-refractivity contribution in [3.05, 3.63) is 40.8 Å². The zero-order chi connectivity index (χ0) is 14.0. The summed E-state index contributed by atoms with van der Waals surface area (Å²) in [5, 5.41) is 2.14. The summed E-state index contributed by atoms with van der Waals surface area (Å²) in [6.07, 6.45) is 0.637. The van der Waals surface area contributed by atoms with Crippen molar-refractivity contribution >= 4 is 0 Å². The molecule has 1 aliphatic heterocycles. The lowest BCUT2D eigenvalue weighted by atomic mass is 10.0. The number of hydrogen-bond acceptors (Lipinski definition) is 3. The lowest BCUT2D eigenvalue weighted by Gasteiger charge is -2.24. The minimum absolute atomic E-state index is 0.206. The summed E-state index contributed by atoms with van der Waals surface area (Å²) in [4.78, 5) is 0. The van der Waals surface area contributed by atoms with Gasteiger partial charge in [-0.3, -0.25) is 0 Å². The molecule has 104 valence electrons. The zero-order valence-corrected chi connectivity index (χ0v) is 12.0. The molecule has 0 fully saturated rings. The average Bonchev–Trinajstić information content (AvgIpc) is 2.73. The van der Waals surface area contributed by atoms with E-state index < -0.39 is 0 Å². The van der Waals surface area contributed by atoms with E-state index in [0.29, 0.717) is 23.8 Å². The van der Waals surface area contributed by atoms with Crippen LogP contribution in [0, 0.1) is 5.82 Å². The van der Waals surface area contributed by atoms with E-state index in [1.165, 1.54) is 17.3 Å². The van der Waals surface area contributed by atoms with Crippen molar-refractivity contribution in [1.29, 1.82) is 0 Å². The van der Waals surface area contributed by atoms with Crippen molar-refractivity contribution in [2.45, 2.75) is 33.2 Å². The highest BCUT2D eigenvalue weighted by Gasteiger charge is 2.21. The molecule has 1 aliphatic rings. The lowest BCUT2D eigenvalue weighted by molar-refractivity contribution is 0.228. The molecule has 0 atom stereocenters. The van der Waals surface area contributed by atoms with Gasteiger partial charge in [-0.25, -0.2) is 9.82 Å². The molecular formula is C15H21FN2O. The van der Waals surface area contributed by atoms with Gasteiger partial charge in [-0.05, 0) is 44.4 Å². The molecule has 1 heterocycles. The second-order valence-corrected chi connectivity index (χ2v) is 5.12. The molecule has 0 unspecified atom stereocenters. The normalized spacial score (nSPS) is 15.6. The fourth-order valence-corrected chi connectivity index (χ4v) is 2.39. The van der Waals surface area contributed by atoms with Gasteiger partial charge in [0.1, 0.15) is 11.6 Å². The highest BCUT2D eigenvalue weighted by molar-refractivity contribution is 5.33. The summed E-state index contributed by atoms with van der Waals surface area (Å²) in [6.45, 7) is 7.13. The molecule has 0 bridgehead atoms. The van der Waals surface area contributed by atoms with Crippen molar-refractivity contribution < 1.29 is 9.13 Å². The fourth-order valence-electron chi connectivity index (χ4n) is 2.39. The summed E-state index contributed by atoms with van der Waals surface area (Å²) in [5.74, 6) is 0.350. The number of nitrogens with one attached hydrogen (secondary N) is 1. The zero-order valence-electron chi connectivity index (χ0n) is 12.0. The third-order valence-corrected chi connectivity index (χ3v) is 3.52. The molecular weight excluding hydrogens is 243 g/mol. The predicted molar refractivity (Wildman–Crippen MR) is 74.3 cm³/mol. The summed E-state index contributed by atoms with van der Waals surface area (Å²) in [7, 11) is 1.54. The van der Waals surface area contributed by atoms with Crippen LogP contribution in [0.3, 0.4) is 0 Å². The van der Waals surface area contributed by atoms with Crippen LogP contribution in [-0.2, 0) is 6.42 Å². The maximum absolute atomic E-state index is 13.9. The van der Waals surface area contributed by atoms with Crippen molar-refractivity contribution in [3.8, 4) is 5.75 Å². The van der Waals surface area contributed by atoms with Crippen LogP contribution in [0.1, 0.15) is 26.3 Å². The van der Waals surface area contributed by atoms with Gasteiger partial charge in [0.25, 0.3) is 0 Å². The minimum atomic E-state index is -0.206. The first-order valence-corrected chi connectivity index (χ1v) is 6.56. The Kier molecular flexibility index (Phi) is 4.10. The standard InChI is InChI=1S/C15H21FN2O/c1-10(2)18-11(3)13(9-17-18)7-12-5-6-14(19-4)8-15(12)16/h5-6,8,10,17H,7,9H2,1-4H3. The van der Waals surface area contributed by atoms with Crippen molar-refractivity contribution in [3.63, 3.8) is 0 Å². The number of ether oxygens (including phenoxy) is 1. The largest absolute Gasteiger partial charge is 0.497 e. The quantitative estimate of drug-likeness (QED) is 0.905.